The number of rotatable bonds is 5. The molecule has 2 aromatic heterocycles. The monoisotopic (exact) mass is 296 g/mol. The zero-order valence-electron chi connectivity index (χ0n) is 13.1. The van der Waals surface area contributed by atoms with Gasteiger partial charge in [0.1, 0.15) is 23.8 Å². The Morgan fingerprint density at radius 2 is 1.77 bits per heavy atom. The van der Waals surface area contributed by atoms with E-state index in [4.69, 9.17) is 0 Å². The summed E-state index contributed by atoms with van der Waals surface area (Å²) in [6, 6.07) is 10.0. The van der Waals surface area contributed by atoms with E-state index in [1.807, 2.05) is 44.4 Å². The minimum Gasteiger partial charge on any atom is -0.360 e. The predicted molar refractivity (Wildman–Crippen MR) is 89.2 cm³/mol. The lowest BCUT2D eigenvalue weighted by molar-refractivity contribution is 0.838. The summed E-state index contributed by atoms with van der Waals surface area (Å²) in [5, 5.41) is 0. The van der Waals surface area contributed by atoms with Crippen molar-refractivity contribution in [3.63, 3.8) is 0 Å². The van der Waals surface area contributed by atoms with Crippen LogP contribution in [0.15, 0.2) is 36.7 Å². The van der Waals surface area contributed by atoms with E-state index in [-0.39, 0.29) is 0 Å². The first-order valence-corrected chi connectivity index (χ1v) is 7.35. The van der Waals surface area contributed by atoms with Gasteiger partial charge in [0.15, 0.2) is 0 Å². The van der Waals surface area contributed by atoms with Crippen molar-refractivity contribution in [2.45, 2.75) is 13.5 Å². The van der Waals surface area contributed by atoms with E-state index in [2.05, 4.69) is 36.7 Å². The van der Waals surface area contributed by atoms with Gasteiger partial charge in [0, 0.05) is 26.7 Å². The van der Waals surface area contributed by atoms with E-state index >= 15 is 0 Å². The van der Waals surface area contributed by atoms with Crippen molar-refractivity contribution in [3.05, 3.63) is 42.5 Å². The summed E-state index contributed by atoms with van der Waals surface area (Å²) in [4.78, 5) is 20.7. The first kappa shape index (κ1) is 14.3. The van der Waals surface area contributed by atoms with E-state index in [0.29, 0.717) is 6.54 Å². The first-order valence-electron chi connectivity index (χ1n) is 7.35. The van der Waals surface area contributed by atoms with E-state index in [1.165, 1.54) is 0 Å². The predicted octanol–water partition coefficient (Wildman–Crippen LogP) is 2.45. The van der Waals surface area contributed by atoms with Crippen molar-refractivity contribution in [1.82, 2.24) is 19.9 Å². The summed E-state index contributed by atoms with van der Waals surface area (Å²) >= 11 is 0. The van der Waals surface area contributed by atoms with Gasteiger partial charge in [0.05, 0.1) is 17.6 Å². The van der Waals surface area contributed by atoms with Crippen LogP contribution in [0.3, 0.4) is 0 Å². The number of fused-ring (bicyclic) bond motifs is 1. The number of hydrogen-bond acceptors (Lipinski definition) is 5. The molecule has 3 aromatic rings. The van der Waals surface area contributed by atoms with Crippen LogP contribution in [0.4, 0.5) is 11.6 Å². The maximum absolute atomic E-state index is 4.60. The van der Waals surface area contributed by atoms with Crippen LogP contribution in [0.25, 0.3) is 11.0 Å². The van der Waals surface area contributed by atoms with Crippen molar-refractivity contribution in [2.75, 3.05) is 30.4 Å². The van der Waals surface area contributed by atoms with Crippen LogP contribution in [0.5, 0.6) is 0 Å². The molecule has 1 aromatic carbocycles. The van der Waals surface area contributed by atoms with Crippen molar-refractivity contribution >= 4 is 22.7 Å². The van der Waals surface area contributed by atoms with Crippen LogP contribution in [0.2, 0.25) is 0 Å². The number of H-pyrrole nitrogens is 1. The zero-order valence-corrected chi connectivity index (χ0v) is 13.1. The van der Waals surface area contributed by atoms with Crippen LogP contribution in [0, 0.1) is 0 Å². The van der Waals surface area contributed by atoms with Crippen molar-refractivity contribution in [2.24, 2.45) is 0 Å². The number of aromatic nitrogens is 4. The lowest BCUT2D eigenvalue weighted by Gasteiger charge is -2.20. The summed E-state index contributed by atoms with van der Waals surface area (Å²) in [6.07, 6.45) is 1.60. The molecule has 0 aliphatic carbocycles. The van der Waals surface area contributed by atoms with E-state index in [1.54, 1.807) is 6.33 Å². The van der Waals surface area contributed by atoms with E-state index < -0.39 is 0 Å². The molecule has 0 radical (unpaired) electrons. The Kier molecular flexibility index (Phi) is 3.91. The number of aromatic amines is 1. The Labute approximate surface area is 129 Å². The smallest absolute Gasteiger partial charge is 0.134 e. The molecule has 0 bridgehead atoms. The number of benzene rings is 1. The van der Waals surface area contributed by atoms with Gasteiger partial charge in [-0.1, -0.05) is 12.1 Å². The minimum absolute atomic E-state index is 0.668. The fourth-order valence-corrected chi connectivity index (χ4v) is 2.30. The topological polar surface area (TPSA) is 60.9 Å². The Bertz CT molecular complexity index is 733. The number of hydrogen-bond donors (Lipinski definition) is 1. The fourth-order valence-electron chi connectivity index (χ4n) is 2.30. The van der Waals surface area contributed by atoms with E-state index in [0.717, 1.165) is 35.0 Å². The molecule has 6 nitrogen and oxygen atoms in total. The lowest BCUT2D eigenvalue weighted by atomic mass is 10.3. The van der Waals surface area contributed by atoms with Gasteiger partial charge in [-0.05, 0) is 19.1 Å². The highest BCUT2D eigenvalue weighted by Crippen LogP contribution is 2.18. The Balaban J connectivity index is 1.80. The second-order valence-electron chi connectivity index (χ2n) is 5.31. The van der Waals surface area contributed by atoms with Crippen LogP contribution >= 0.6 is 0 Å². The quantitative estimate of drug-likeness (QED) is 0.783. The molecule has 0 saturated carbocycles. The van der Waals surface area contributed by atoms with Crippen LogP contribution in [-0.4, -0.2) is 40.6 Å². The fraction of sp³-hybridized carbons (Fsp3) is 0.312. The molecule has 6 heteroatoms. The Morgan fingerprint density at radius 1 is 1.05 bits per heavy atom. The zero-order chi connectivity index (χ0) is 15.5. The lowest BCUT2D eigenvalue weighted by Crippen LogP contribution is -2.21. The molecular weight excluding hydrogens is 276 g/mol. The third-order valence-corrected chi connectivity index (χ3v) is 3.72. The second-order valence-corrected chi connectivity index (χ2v) is 5.31. The summed E-state index contributed by atoms with van der Waals surface area (Å²) in [5.74, 6) is 2.72. The summed E-state index contributed by atoms with van der Waals surface area (Å²) in [6.45, 7) is 3.67. The summed E-state index contributed by atoms with van der Waals surface area (Å²) in [7, 11) is 4.02. The SMILES string of the molecule is CCN(C)c1cc(N(C)Cc2nc3ccccc3[nH]2)ncn1. The molecule has 0 unspecified atom stereocenters. The third-order valence-electron chi connectivity index (χ3n) is 3.72. The van der Waals surface area contributed by atoms with Crippen molar-refractivity contribution in [1.29, 1.82) is 0 Å². The second kappa shape index (κ2) is 6.01. The molecule has 0 aliphatic heterocycles. The third kappa shape index (κ3) is 2.86. The standard InChI is InChI=1S/C16H20N6/c1-4-21(2)15-9-16(18-11-17-15)22(3)10-14-19-12-7-5-6-8-13(12)20-14/h5-9,11H,4,10H2,1-3H3,(H,19,20). The number of nitrogens with zero attached hydrogens (tertiary/aromatic N) is 5. The maximum atomic E-state index is 4.60. The number of imidazole rings is 1. The molecule has 0 spiro atoms. The molecule has 114 valence electrons. The van der Waals surface area contributed by atoms with E-state index in [9.17, 15) is 0 Å². The largest absolute Gasteiger partial charge is 0.360 e. The van der Waals surface area contributed by atoms with Gasteiger partial charge in [-0.3, -0.25) is 0 Å². The first-order chi connectivity index (χ1) is 10.7. The number of anilines is 2. The average Bonchev–Trinajstić information content (AvgIpc) is 2.96. The average molecular weight is 296 g/mol. The maximum Gasteiger partial charge on any atom is 0.134 e. The molecule has 0 amide bonds. The molecule has 1 N–H and O–H groups in total. The van der Waals surface area contributed by atoms with Crippen LogP contribution in [-0.2, 0) is 6.54 Å². The van der Waals surface area contributed by atoms with Crippen LogP contribution in [0.1, 0.15) is 12.7 Å². The van der Waals surface area contributed by atoms with Gasteiger partial charge < -0.3 is 14.8 Å². The molecule has 0 fully saturated rings. The normalized spacial score (nSPS) is 10.9. The molecule has 3 rings (SSSR count). The summed E-state index contributed by atoms with van der Waals surface area (Å²) in [5.41, 5.74) is 2.04. The highest BCUT2D eigenvalue weighted by Gasteiger charge is 2.09. The highest BCUT2D eigenvalue weighted by molar-refractivity contribution is 5.74. The van der Waals surface area contributed by atoms with Crippen LogP contribution < -0.4 is 9.80 Å². The minimum atomic E-state index is 0.668. The number of nitrogens with one attached hydrogen (secondary N) is 1. The Morgan fingerprint density at radius 3 is 2.50 bits per heavy atom. The van der Waals surface area contributed by atoms with Gasteiger partial charge in [-0.2, -0.15) is 0 Å². The molecular formula is C16H20N6. The van der Waals surface area contributed by atoms with Gasteiger partial charge in [-0.15, -0.1) is 0 Å². The van der Waals surface area contributed by atoms with Crippen molar-refractivity contribution in [3.8, 4) is 0 Å². The molecule has 2 heterocycles. The molecule has 0 atom stereocenters. The molecule has 0 aliphatic rings. The Hall–Kier alpha value is -2.63. The van der Waals surface area contributed by atoms with Gasteiger partial charge in [0.25, 0.3) is 0 Å². The highest BCUT2D eigenvalue weighted by atomic mass is 15.2. The molecule has 22 heavy (non-hydrogen) atoms. The van der Waals surface area contributed by atoms with Gasteiger partial charge in [-0.25, -0.2) is 15.0 Å². The van der Waals surface area contributed by atoms with Gasteiger partial charge >= 0.3 is 0 Å². The van der Waals surface area contributed by atoms with Gasteiger partial charge in [0.2, 0.25) is 0 Å². The summed E-state index contributed by atoms with van der Waals surface area (Å²) < 4.78 is 0. The molecule has 0 saturated heterocycles. The van der Waals surface area contributed by atoms with Crippen molar-refractivity contribution < 1.29 is 0 Å². The number of para-hydroxylation sites is 2.